The summed E-state index contributed by atoms with van der Waals surface area (Å²) in [5, 5.41) is 0. The Morgan fingerprint density at radius 2 is 1.38 bits per heavy atom. The summed E-state index contributed by atoms with van der Waals surface area (Å²) in [5.41, 5.74) is 4.33. The second-order valence-corrected chi connectivity index (χ2v) is 4.68. The van der Waals surface area contributed by atoms with Crippen molar-refractivity contribution in [2.24, 2.45) is 0 Å². The molecule has 0 unspecified atom stereocenters. The van der Waals surface area contributed by atoms with Crippen molar-refractivity contribution in [3.63, 3.8) is 0 Å². The average molecular weight is 208 g/mol. The first-order chi connectivity index (χ1) is 7.92. The topological polar surface area (TPSA) is 0 Å². The Morgan fingerprint density at radius 1 is 0.750 bits per heavy atom. The number of hydrogen-bond donors (Lipinski definition) is 0. The monoisotopic (exact) mass is 208 g/mol. The third-order valence-corrected chi connectivity index (χ3v) is 3.28. The molecule has 0 aromatic heterocycles. The molecule has 1 aliphatic carbocycles. The van der Waals surface area contributed by atoms with Crippen molar-refractivity contribution in [3.05, 3.63) is 71.3 Å². The molecule has 0 nitrogen and oxygen atoms in total. The van der Waals surface area contributed by atoms with Gasteiger partial charge < -0.3 is 0 Å². The molecular formula is C16H16. The molecule has 0 radical (unpaired) electrons. The van der Waals surface area contributed by atoms with Crippen LogP contribution in [0.15, 0.2) is 54.6 Å². The van der Waals surface area contributed by atoms with Crippen molar-refractivity contribution in [3.8, 4) is 0 Å². The highest BCUT2D eigenvalue weighted by molar-refractivity contribution is 5.31. The van der Waals surface area contributed by atoms with Crippen LogP contribution >= 0.6 is 0 Å². The number of rotatable bonds is 3. The lowest BCUT2D eigenvalue weighted by Crippen LogP contribution is -1.88. The van der Waals surface area contributed by atoms with Gasteiger partial charge in [0.05, 0.1) is 0 Å². The summed E-state index contributed by atoms with van der Waals surface area (Å²) < 4.78 is 0. The van der Waals surface area contributed by atoms with Crippen LogP contribution in [-0.2, 0) is 6.42 Å². The lowest BCUT2D eigenvalue weighted by atomic mass is 10.0. The van der Waals surface area contributed by atoms with Crippen LogP contribution in [0.4, 0.5) is 0 Å². The molecule has 1 aliphatic rings. The van der Waals surface area contributed by atoms with E-state index in [0.717, 1.165) is 12.3 Å². The summed E-state index contributed by atoms with van der Waals surface area (Å²) in [4.78, 5) is 0. The fourth-order valence-corrected chi connectivity index (χ4v) is 2.16. The Balaban J connectivity index is 1.75. The minimum atomic E-state index is 0.866. The third kappa shape index (κ3) is 2.16. The number of hydrogen-bond acceptors (Lipinski definition) is 0. The normalized spacial score (nSPS) is 15.0. The van der Waals surface area contributed by atoms with Crippen molar-refractivity contribution < 1.29 is 0 Å². The van der Waals surface area contributed by atoms with Crippen LogP contribution in [0.5, 0.6) is 0 Å². The van der Waals surface area contributed by atoms with Gasteiger partial charge in [-0.25, -0.2) is 0 Å². The van der Waals surface area contributed by atoms with E-state index in [1.54, 1.807) is 0 Å². The minimum Gasteiger partial charge on any atom is -0.0622 e. The van der Waals surface area contributed by atoms with E-state index < -0.39 is 0 Å². The highest BCUT2D eigenvalue weighted by Gasteiger charge is 2.22. The molecule has 0 heterocycles. The van der Waals surface area contributed by atoms with Crippen molar-refractivity contribution in [1.82, 2.24) is 0 Å². The van der Waals surface area contributed by atoms with Crippen LogP contribution in [0, 0.1) is 0 Å². The van der Waals surface area contributed by atoms with Crippen LogP contribution in [0.2, 0.25) is 0 Å². The summed E-state index contributed by atoms with van der Waals surface area (Å²) in [6.45, 7) is 0. The van der Waals surface area contributed by atoms with E-state index in [-0.39, 0.29) is 0 Å². The molecule has 0 heteroatoms. The average Bonchev–Trinajstić information content (AvgIpc) is 3.15. The van der Waals surface area contributed by atoms with E-state index in [2.05, 4.69) is 54.6 Å². The van der Waals surface area contributed by atoms with Gasteiger partial charge in [-0.2, -0.15) is 0 Å². The minimum absolute atomic E-state index is 0.866. The van der Waals surface area contributed by atoms with Gasteiger partial charge in [0, 0.05) is 0 Å². The molecule has 3 rings (SSSR count). The maximum atomic E-state index is 2.30. The zero-order valence-electron chi connectivity index (χ0n) is 9.39. The van der Waals surface area contributed by atoms with Crippen molar-refractivity contribution in [1.29, 1.82) is 0 Å². The summed E-state index contributed by atoms with van der Waals surface area (Å²) in [5.74, 6) is 0.866. The second-order valence-electron chi connectivity index (χ2n) is 4.68. The maximum absolute atomic E-state index is 2.30. The van der Waals surface area contributed by atoms with E-state index in [9.17, 15) is 0 Å². The van der Waals surface area contributed by atoms with Gasteiger partial charge in [0.2, 0.25) is 0 Å². The van der Waals surface area contributed by atoms with Gasteiger partial charge in [0.25, 0.3) is 0 Å². The van der Waals surface area contributed by atoms with Crippen LogP contribution < -0.4 is 0 Å². The van der Waals surface area contributed by atoms with E-state index in [0.29, 0.717) is 0 Å². The quantitative estimate of drug-likeness (QED) is 0.710. The molecule has 80 valence electrons. The molecule has 0 bridgehead atoms. The van der Waals surface area contributed by atoms with Gasteiger partial charge >= 0.3 is 0 Å². The highest BCUT2D eigenvalue weighted by atomic mass is 14.3. The van der Waals surface area contributed by atoms with Gasteiger partial charge in [0.1, 0.15) is 0 Å². The molecule has 0 atom stereocenters. The molecule has 16 heavy (non-hydrogen) atoms. The fourth-order valence-electron chi connectivity index (χ4n) is 2.16. The Labute approximate surface area is 96.9 Å². The second kappa shape index (κ2) is 4.13. The molecule has 1 saturated carbocycles. The Bertz CT molecular complexity index is 449. The first kappa shape index (κ1) is 9.65. The summed E-state index contributed by atoms with van der Waals surface area (Å²) in [7, 11) is 0. The Morgan fingerprint density at radius 3 is 2.00 bits per heavy atom. The zero-order valence-corrected chi connectivity index (χ0v) is 9.39. The molecule has 0 saturated heterocycles. The SMILES string of the molecule is c1ccc(Cc2ccc(C3CC3)cc2)cc1. The summed E-state index contributed by atoms with van der Waals surface area (Å²) in [6, 6.07) is 19.8. The van der Waals surface area contributed by atoms with Crippen LogP contribution in [-0.4, -0.2) is 0 Å². The lowest BCUT2D eigenvalue weighted by molar-refractivity contribution is 1.11. The number of benzene rings is 2. The molecule has 2 aromatic rings. The highest BCUT2D eigenvalue weighted by Crippen LogP contribution is 2.39. The molecule has 2 aromatic carbocycles. The summed E-state index contributed by atoms with van der Waals surface area (Å²) in [6.07, 6.45) is 3.82. The maximum Gasteiger partial charge on any atom is -0.00258 e. The Hall–Kier alpha value is -1.56. The van der Waals surface area contributed by atoms with Crippen molar-refractivity contribution >= 4 is 0 Å². The van der Waals surface area contributed by atoms with Gasteiger partial charge in [-0.3, -0.25) is 0 Å². The molecular weight excluding hydrogens is 192 g/mol. The Kier molecular flexibility index (Phi) is 2.49. The molecule has 0 aliphatic heterocycles. The van der Waals surface area contributed by atoms with Crippen molar-refractivity contribution in [2.45, 2.75) is 25.2 Å². The van der Waals surface area contributed by atoms with Crippen LogP contribution in [0.3, 0.4) is 0 Å². The first-order valence-electron chi connectivity index (χ1n) is 6.04. The van der Waals surface area contributed by atoms with E-state index in [1.165, 1.54) is 29.5 Å². The van der Waals surface area contributed by atoms with Crippen LogP contribution in [0.1, 0.15) is 35.4 Å². The van der Waals surface area contributed by atoms with Crippen LogP contribution in [0.25, 0.3) is 0 Å². The summed E-state index contributed by atoms with van der Waals surface area (Å²) >= 11 is 0. The molecule has 1 fully saturated rings. The van der Waals surface area contributed by atoms with Gasteiger partial charge in [0.15, 0.2) is 0 Å². The zero-order chi connectivity index (χ0) is 10.8. The van der Waals surface area contributed by atoms with E-state index >= 15 is 0 Å². The van der Waals surface area contributed by atoms with Gasteiger partial charge in [-0.05, 0) is 41.9 Å². The van der Waals surface area contributed by atoms with E-state index in [1.807, 2.05) is 0 Å². The molecule has 0 spiro atoms. The third-order valence-electron chi connectivity index (χ3n) is 3.28. The first-order valence-corrected chi connectivity index (χ1v) is 6.04. The largest absolute Gasteiger partial charge is 0.0622 e. The molecule has 0 amide bonds. The smallest absolute Gasteiger partial charge is 0.00258 e. The van der Waals surface area contributed by atoms with Gasteiger partial charge in [-0.15, -0.1) is 0 Å². The standard InChI is InChI=1S/C16H16/c1-2-4-13(5-3-1)12-14-6-8-15(9-7-14)16-10-11-16/h1-9,16H,10-12H2. The molecule has 0 N–H and O–H groups in total. The van der Waals surface area contributed by atoms with E-state index in [4.69, 9.17) is 0 Å². The van der Waals surface area contributed by atoms with Gasteiger partial charge in [-0.1, -0.05) is 54.6 Å². The lowest BCUT2D eigenvalue weighted by Gasteiger charge is -2.03. The fraction of sp³-hybridized carbons (Fsp3) is 0.250. The predicted octanol–water partition coefficient (Wildman–Crippen LogP) is 4.15. The van der Waals surface area contributed by atoms with Crippen molar-refractivity contribution in [2.75, 3.05) is 0 Å². The predicted molar refractivity (Wildman–Crippen MR) is 67.7 cm³/mol.